The Morgan fingerprint density at radius 1 is 1.17 bits per heavy atom. The van der Waals surface area contributed by atoms with Crippen LogP contribution in [0.25, 0.3) is 32.5 Å². The molecule has 2 saturated heterocycles. The van der Waals surface area contributed by atoms with Gasteiger partial charge in [-0.15, -0.1) is 11.3 Å². The lowest BCUT2D eigenvalue weighted by Crippen LogP contribution is -2.52. The van der Waals surface area contributed by atoms with Crippen LogP contribution in [0.2, 0.25) is 0 Å². The molecule has 0 spiro atoms. The Morgan fingerprint density at radius 2 is 1.97 bits per heavy atom. The summed E-state index contributed by atoms with van der Waals surface area (Å²) in [5, 5.41) is 8.27. The molecule has 1 atom stereocenters. The third kappa shape index (κ3) is 4.43. The van der Waals surface area contributed by atoms with Crippen molar-refractivity contribution < 1.29 is 9.53 Å². The first-order valence-electron chi connectivity index (χ1n) is 12.4. The molecule has 2 aliphatic heterocycles. The Bertz CT molecular complexity index is 1390. The molecule has 3 N–H and O–H groups in total. The van der Waals surface area contributed by atoms with Gasteiger partial charge in [-0.2, -0.15) is 5.10 Å². The van der Waals surface area contributed by atoms with Gasteiger partial charge in [0.1, 0.15) is 0 Å². The molecule has 5 heterocycles. The number of hydrogen-bond acceptors (Lipinski definition) is 9. The lowest BCUT2D eigenvalue weighted by Gasteiger charge is -2.35. The second-order valence-electron chi connectivity index (χ2n) is 9.42. The molecule has 188 valence electrons. The van der Waals surface area contributed by atoms with Crippen LogP contribution in [-0.4, -0.2) is 94.4 Å². The van der Waals surface area contributed by atoms with Crippen molar-refractivity contribution in [3.05, 3.63) is 35.3 Å². The van der Waals surface area contributed by atoms with E-state index < -0.39 is 6.04 Å². The zero-order chi connectivity index (χ0) is 24.6. The highest BCUT2D eigenvalue weighted by Crippen LogP contribution is 2.36. The third-order valence-electron chi connectivity index (χ3n) is 6.89. The van der Waals surface area contributed by atoms with Crippen LogP contribution in [0.4, 0.5) is 5.82 Å². The van der Waals surface area contributed by atoms with Gasteiger partial charge in [-0.05, 0) is 19.1 Å². The number of aromatic amines is 1. The average molecular weight is 507 g/mol. The summed E-state index contributed by atoms with van der Waals surface area (Å²) in [6, 6.07) is 7.82. The summed E-state index contributed by atoms with van der Waals surface area (Å²) in [7, 11) is 0. The lowest BCUT2D eigenvalue weighted by atomic mass is 10.1. The molecule has 3 aromatic heterocycles. The first-order valence-corrected chi connectivity index (χ1v) is 13.2. The molecule has 0 saturated carbocycles. The normalized spacial score (nSPS) is 18.3. The van der Waals surface area contributed by atoms with Crippen LogP contribution in [0, 0.1) is 0 Å². The van der Waals surface area contributed by atoms with Gasteiger partial charge in [0.05, 0.1) is 41.2 Å². The highest BCUT2D eigenvalue weighted by Gasteiger charge is 2.25. The van der Waals surface area contributed by atoms with Gasteiger partial charge in [0.25, 0.3) is 0 Å². The summed E-state index contributed by atoms with van der Waals surface area (Å²) in [5.74, 6) is 1.72. The van der Waals surface area contributed by atoms with Crippen LogP contribution in [0.1, 0.15) is 11.8 Å². The van der Waals surface area contributed by atoms with Crippen molar-refractivity contribution in [3.8, 4) is 11.4 Å². The summed E-state index contributed by atoms with van der Waals surface area (Å²) in [5.41, 5.74) is 8.70. The quantitative estimate of drug-likeness (QED) is 0.423. The first kappa shape index (κ1) is 23.3. The van der Waals surface area contributed by atoms with Crippen molar-refractivity contribution in [3.63, 3.8) is 0 Å². The standard InChI is InChI=1S/C25H30N8O2S/c1-16(26)25(34)33-7-5-31(6-8-33)15-17-13-21-22(36-17)24(32-9-11-35-12-10-32)29-23(28-21)18-3-2-4-20-19(18)14-27-30-20/h2-4,13-14,16H,5-12,15,26H2,1H3,(H,27,30)/t16-/m1/s1. The van der Waals surface area contributed by atoms with Gasteiger partial charge in [0.2, 0.25) is 5.91 Å². The van der Waals surface area contributed by atoms with Crippen molar-refractivity contribution in [2.75, 3.05) is 57.4 Å². The van der Waals surface area contributed by atoms with E-state index in [0.717, 1.165) is 65.2 Å². The molecule has 0 bridgehead atoms. The number of nitrogens with two attached hydrogens (primary N) is 1. The Hall–Kier alpha value is -3.12. The van der Waals surface area contributed by atoms with Crippen LogP contribution in [0.15, 0.2) is 30.5 Å². The molecule has 0 radical (unpaired) electrons. The maximum Gasteiger partial charge on any atom is 0.239 e. The molecule has 10 nitrogen and oxygen atoms in total. The zero-order valence-electron chi connectivity index (χ0n) is 20.3. The van der Waals surface area contributed by atoms with Crippen molar-refractivity contribution >= 4 is 44.2 Å². The number of morpholine rings is 1. The van der Waals surface area contributed by atoms with Crippen molar-refractivity contribution in [1.82, 2.24) is 30.0 Å². The van der Waals surface area contributed by atoms with Gasteiger partial charge in [0.15, 0.2) is 11.6 Å². The second-order valence-corrected chi connectivity index (χ2v) is 10.6. The Morgan fingerprint density at radius 3 is 2.75 bits per heavy atom. The highest BCUT2D eigenvalue weighted by molar-refractivity contribution is 7.19. The van der Waals surface area contributed by atoms with Crippen LogP contribution in [0.3, 0.4) is 0 Å². The van der Waals surface area contributed by atoms with E-state index in [2.05, 4.69) is 32.1 Å². The zero-order valence-corrected chi connectivity index (χ0v) is 21.1. The third-order valence-corrected chi connectivity index (χ3v) is 8.00. The molecule has 1 aromatic carbocycles. The van der Waals surface area contributed by atoms with Crippen LogP contribution in [0.5, 0.6) is 0 Å². The number of carbonyl (C=O) groups excluding carboxylic acids is 1. The number of piperazine rings is 1. The monoisotopic (exact) mass is 506 g/mol. The van der Waals surface area contributed by atoms with E-state index in [1.54, 1.807) is 18.3 Å². The van der Waals surface area contributed by atoms with Gasteiger partial charge >= 0.3 is 0 Å². The maximum absolute atomic E-state index is 12.2. The molecule has 2 fully saturated rings. The number of benzene rings is 1. The summed E-state index contributed by atoms with van der Waals surface area (Å²) >= 11 is 1.76. The summed E-state index contributed by atoms with van der Waals surface area (Å²) in [6.45, 7) is 8.68. The number of nitrogens with zero attached hydrogens (tertiary/aromatic N) is 6. The Labute approximate surface area is 213 Å². The van der Waals surface area contributed by atoms with Crippen LogP contribution >= 0.6 is 11.3 Å². The fourth-order valence-corrected chi connectivity index (χ4v) is 6.11. The first-order chi connectivity index (χ1) is 17.6. The van der Waals surface area contributed by atoms with Gasteiger partial charge in [0, 0.05) is 61.6 Å². The number of hydrogen-bond donors (Lipinski definition) is 2. The molecule has 36 heavy (non-hydrogen) atoms. The number of carbonyl (C=O) groups is 1. The SMILES string of the molecule is C[C@@H](N)C(=O)N1CCN(Cc2cc3nc(-c4cccc5[nH]ncc45)nc(N4CCOCC4)c3s2)CC1. The number of thiophene rings is 1. The topological polar surface area (TPSA) is 116 Å². The Kier molecular flexibility index (Phi) is 6.30. The van der Waals surface area contributed by atoms with Crippen LogP contribution in [-0.2, 0) is 16.1 Å². The molecule has 0 aliphatic carbocycles. The van der Waals surface area contributed by atoms with Crippen LogP contribution < -0.4 is 10.6 Å². The van der Waals surface area contributed by atoms with Gasteiger partial charge < -0.3 is 20.3 Å². The predicted octanol–water partition coefficient (Wildman–Crippen LogP) is 2.06. The molecule has 0 unspecified atom stereocenters. The molecular formula is C25H30N8O2S. The van der Waals surface area contributed by atoms with Crippen molar-refractivity contribution in [1.29, 1.82) is 0 Å². The highest BCUT2D eigenvalue weighted by atomic mass is 32.1. The molecule has 4 aromatic rings. The second kappa shape index (κ2) is 9.74. The van der Waals surface area contributed by atoms with E-state index in [9.17, 15) is 4.79 Å². The molecule has 1 amide bonds. The maximum atomic E-state index is 12.2. The number of nitrogens with one attached hydrogen (secondary N) is 1. The minimum atomic E-state index is -0.446. The van der Waals surface area contributed by atoms with Crippen molar-refractivity contribution in [2.24, 2.45) is 5.73 Å². The Balaban J connectivity index is 1.32. The summed E-state index contributed by atoms with van der Waals surface area (Å²) in [6.07, 6.45) is 1.83. The number of fused-ring (bicyclic) bond motifs is 2. The minimum absolute atomic E-state index is 0.0297. The minimum Gasteiger partial charge on any atom is -0.378 e. The molecule has 2 aliphatic rings. The number of ether oxygens (including phenoxy) is 1. The van der Waals surface area contributed by atoms with E-state index in [1.807, 2.05) is 23.2 Å². The fourth-order valence-electron chi connectivity index (χ4n) is 4.95. The summed E-state index contributed by atoms with van der Waals surface area (Å²) < 4.78 is 6.72. The molecule has 6 rings (SSSR count). The van der Waals surface area contributed by atoms with E-state index in [4.69, 9.17) is 20.4 Å². The summed E-state index contributed by atoms with van der Waals surface area (Å²) in [4.78, 5) is 30.2. The predicted molar refractivity (Wildman–Crippen MR) is 141 cm³/mol. The van der Waals surface area contributed by atoms with E-state index in [1.165, 1.54) is 4.88 Å². The van der Waals surface area contributed by atoms with Crippen molar-refractivity contribution in [2.45, 2.75) is 19.5 Å². The van der Waals surface area contributed by atoms with E-state index in [-0.39, 0.29) is 5.91 Å². The van der Waals surface area contributed by atoms with Gasteiger partial charge in [-0.3, -0.25) is 14.8 Å². The van der Waals surface area contributed by atoms with E-state index in [0.29, 0.717) is 32.1 Å². The lowest BCUT2D eigenvalue weighted by molar-refractivity contribution is -0.134. The molecule has 11 heteroatoms. The average Bonchev–Trinajstić information content (AvgIpc) is 3.55. The van der Waals surface area contributed by atoms with Gasteiger partial charge in [-0.1, -0.05) is 12.1 Å². The molecular weight excluding hydrogens is 476 g/mol. The number of amides is 1. The van der Waals surface area contributed by atoms with E-state index >= 15 is 0 Å². The fraction of sp³-hybridized carbons (Fsp3) is 0.440. The number of rotatable bonds is 5. The number of aromatic nitrogens is 4. The smallest absolute Gasteiger partial charge is 0.239 e. The number of anilines is 1. The van der Waals surface area contributed by atoms with Gasteiger partial charge in [-0.25, -0.2) is 9.97 Å². The number of H-pyrrole nitrogens is 1. The largest absolute Gasteiger partial charge is 0.378 e.